The number of hydrogen-bond donors (Lipinski definition) is 1. The lowest BCUT2D eigenvalue weighted by atomic mass is 10.2. The summed E-state index contributed by atoms with van der Waals surface area (Å²) in [5.74, 6) is 0. The van der Waals surface area contributed by atoms with Crippen LogP contribution in [0.5, 0.6) is 0 Å². The van der Waals surface area contributed by atoms with Crippen LogP contribution in [0.2, 0.25) is 0 Å². The molecule has 1 fully saturated rings. The van der Waals surface area contributed by atoms with Crippen molar-refractivity contribution in [3.05, 3.63) is 24.3 Å². The Hall–Kier alpha value is -1.00. The van der Waals surface area contributed by atoms with E-state index in [1.54, 1.807) is 12.4 Å². The monoisotopic (exact) mass is 234 g/mol. The second-order valence-corrected chi connectivity index (χ2v) is 4.73. The highest BCUT2D eigenvalue weighted by Gasteiger charge is 2.17. The third-order valence-electron chi connectivity index (χ3n) is 3.18. The van der Waals surface area contributed by atoms with E-state index in [0.29, 0.717) is 6.04 Å². The zero-order chi connectivity index (χ0) is 11.9. The lowest BCUT2D eigenvalue weighted by Crippen LogP contribution is -2.37. The summed E-state index contributed by atoms with van der Waals surface area (Å²) in [6.07, 6.45) is 9.17. The highest BCUT2D eigenvalue weighted by Crippen LogP contribution is 2.09. The molecule has 1 aliphatic rings. The van der Waals surface area contributed by atoms with Crippen LogP contribution < -0.4 is 5.32 Å². The van der Waals surface area contributed by atoms with Crippen LogP contribution in [-0.2, 0) is 6.54 Å². The van der Waals surface area contributed by atoms with Crippen LogP contribution in [0.4, 0.5) is 0 Å². The molecule has 2 heterocycles. The molecule has 1 aliphatic heterocycles. The van der Waals surface area contributed by atoms with E-state index in [1.807, 2.05) is 6.20 Å². The van der Waals surface area contributed by atoms with Crippen molar-refractivity contribution in [1.29, 1.82) is 0 Å². The molecule has 1 saturated heterocycles. The Kier molecular flexibility index (Phi) is 4.88. The SMILES string of the molecule is CCCN(Cc1cnccn1)CC1CCCN1. The first-order valence-electron chi connectivity index (χ1n) is 6.59. The third-order valence-corrected chi connectivity index (χ3v) is 3.18. The maximum absolute atomic E-state index is 4.35. The molecule has 94 valence electrons. The molecule has 0 aliphatic carbocycles. The van der Waals surface area contributed by atoms with Crippen molar-refractivity contribution in [2.45, 2.75) is 38.8 Å². The molecular formula is C13H22N4. The fourth-order valence-electron chi connectivity index (χ4n) is 2.42. The van der Waals surface area contributed by atoms with Gasteiger partial charge in [-0.05, 0) is 32.4 Å². The molecule has 1 N–H and O–H groups in total. The minimum Gasteiger partial charge on any atom is -0.313 e. The van der Waals surface area contributed by atoms with Gasteiger partial charge in [-0.1, -0.05) is 6.92 Å². The van der Waals surface area contributed by atoms with Gasteiger partial charge >= 0.3 is 0 Å². The molecule has 1 aromatic heterocycles. The van der Waals surface area contributed by atoms with E-state index >= 15 is 0 Å². The minimum atomic E-state index is 0.665. The zero-order valence-electron chi connectivity index (χ0n) is 10.6. The summed E-state index contributed by atoms with van der Waals surface area (Å²) >= 11 is 0. The van der Waals surface area contributed by atoms with Crippen LogP contribution in [-0.4, -0.2) is 40.5 Å². The summed E-state index contributed by atoms with van der Waals surface area (Å²) in [5, 5.41) is 3.55. The zero-order valence-corrected chi connectivity index (χ0v) is 10.6. The van der Waals surface area contributed by atoms with Gasteiger partial charge in [0.15, 0.2) is 0 Å². The van der Waals surface area contributed by atoms with Gasteiger partial charge in [-0.2, -0.15) is 0 Å². The molecule has 0 spiro atoms. The van der Waals surface area contributed by atoms with Crippen LogP contribution in [0.15, 0.2) is 18.6 Å². The molecule has 0 aromatic carbocycles. The highest BCUT2D eigenvalue weighted by atomic mass is 15.2. The van der Waals surface area contributed by atoms with Gasteiger partial charge in [-0.3, -0.25) is 14.9 Å². The molecule has 1 atom stereocenters. The normalized spacial score (nSPS) is 20.0. The summed E-state index contributed by atoms with van der Waals surface area (Å²) in [6.45, 7) is 6.58. The Morgan fingerprint density at radius 3 is 3.06 bits per heavy atom. The second kappa shape index (κ2) is 6.67. The number of hydrogen-bond acceptors (Lipinski definition) is 4. The Morgan fingerprint density at radius 2 is 2.41 bits per heavy atom. The molecule has 2 rings (SSSR count). The second-order valence-electron chi connectivity index (χ2n) is 4.73. The van der Waals surface area contributed by atoms with Crippen LogP contribution in [0.1, 0.15) is 31.9 Å². The average Bonchev–Trinajstić information content (AvgIpc) is 2.83. The van der Waals surface area contributed by atoms with Gasteiger partial charge in [0.1, 0.15) is 0 Å². The smallest absolute Gasteiger partial charge is 0.0726 e. The molecule has 1 unspecified atom stereocenters. The number of aromatic nitrogens is 2. The predicted octanol–water partition coefficient (Wildman–Crippen LogP) is 1.44. The van der Waals surface area contributed by atoms with Crippen molar-refractivity contribution >= 4 is 0 Å². The van der Waals surface area contributed by atoms with Crippen molar-refractivity contribution in [2.24, 2.45) is 0 Å². The van der Waals surface area contributed by atoms with E-state index < -0.39 is 0 Å². The molecule has 1 aromatic rings. The lowest BCUT2D eigenvalue weighted by molar-refractivity contribution is 0.238. The molecule has 0 bridgehead atoms. The first kappa shape index (κ1) is 12.5. The van der Waals surface area contributed by atoms with E-state index in [-0.39, 0.29) is 0 Å². The molecule has 4 nitrogen and oxygen atoms in total. The topological polar surface area (TPSA) is 41.1 Å². The van der Waals surface area contributed by atoms with Gasteiger partial charge in [-0.15, -0.1) is 0 Å². The lowest BCUT2D eigenvalue weighted by Gasteiger charge is -2.24. The summed E-state index contributed by atoms with van der Waals surface area (Å²) in [6, 6.07) is 0.665. The Balaban J connectivity index is 1.87. The molecule has 4 heteroatoms. The number of rotatable bonds is 6. The van der Waals surface area contributed by atoms with Crippen molar-refractivity contribution in [1.82, 2.24) is 20.2 Å². The predicted molar refractivity (Wildman–Crippen MR) is 68.6 cm³/mol. The quantitative estimate of drug-likeness (QED) is 0.808. The summed E-state index contributed by atoms with van der Waals surface area (Å²) in [5.41, 5.74) is 1.07. The van der Waals surface area contributed by atoms with Crippen LogP contribution in [0, 0.1) is 0 Å². The fraction of sp³-hybridized carbons (Fsp3) is 0.692. The fourth-order valence-corrected chi connectivity index (χ4v) is 2.42. The molecular weight excluding hydrogens is 212 g/mol. The van der Waals surface area contributed by atoms with Crippen molar-refractivity contribution in [2.75, 3.05) is 19.6 Å². The molecule has 0 radical (unpaired) electrons. The van der Waals surface area contributed by atoms with E-state index in [9.17, 15) is 0 Å². The van der Waals surface area contributed by atoms with E-state index in [1.165, 1.54) is 25.8 Å². The number of nitrogens with zero attached hydrogens (tertiary/aromatic N) is 3. The van der Waals surface area contributed by atoms with E-state index in [2.05, 4.69) is 27.1 Å². The van der Waals surface area contributed by atoms with E-state index in [0.717, 1.165) is 25.3 Å². The number of nitrogens with one attached hydrogen (secondary N) is 1. The first-order valence-corrected chi connectivity index (χ1v) is 6.59. The van der Waals surface area contributed by atoms with Gasteiger partial charge < -0.3 is 5.32 Å². The maximum atomic E-state index is 4.35. The summed E-state index contributed by atoms with van der Waals surface area (Å²) < 4.78 is 0. The first-order chi connectivity index (χ1) is 8.38. The van der Waals surface area contributed by atoms with Crippen molar-refractivity contribution in [3.8, 4) is 0 Å². The van der Waals surface area contributed by atoms with Gasteiger partial charge in [0.25, 0.3) is 0 Å². The summed E-state index contributed by atoms with van der Waals surface area (Å²) in [4.78, 5) is 11.0. The van der Waals surface area contributed by atoms with Gasteiger partial charge in [0.05, 0.1) is 5.69 Å². The molecule has 17 heavy (non-hydrogen) atoms. The molecule has 0 amide bonds. The van der Waals surface area contributed by atoms with Crippen molar-refractivity contribution in [3.63, 3.8) is 0 Å². The van der Waals surface area contributed by atoms with Gasteiger partial charge in [0.2, 0.25) is 0 Å². The van der Waals surface area contributed by atoms with Crippen molar-refractivity contribution < 1.29 is 0 Å². The minimum absolute atomic E-state index is 0.665. The maximum Gasteiger partial charge on any atom is 0.0726 e. The Labute approximate surface area is 103 Å². The summed E-state index contributed by atoms with van der Waals surface area (Å²) in [7, 11) is 0. The highest BCUT2D eigenvalue weighted by molar-refractivity contribution is 4.94. The molecule has 0 saturated carbocycles. The standard InChI is InChI=1S/C13H22N4/c1-2-8-17(10-12-4-3-5-15-12)11-13-9-14-6-7-16-13/h6-7,9,12,15H,2-5,8,10-11H2,1H3. The third kappa shape index (κ3) is 4.06. The van der Waals surface area contributed by atoms with Crippen LogP contribution >= 0.6 is 0 Å². The van der Waals surface area contributed by atoms with Crippen LogP contribution in [0.3, 0.4) is 0 Å². The Bertz CT molecular complexity index is 308. The van der Waals surface area contributed by atoms with Gasteiger partial charge in [0, 0.05) is 37.7 Å². The average molecular weight is 234 g/mol. The van der Waals surface area contributed by atoms with Gasteiger partial charge in [-0.25, -0.2) is 0 Å². The van der Waals surface area contributed by atoms with E-state index in [4.69, 9.17) is 0 Å². The largest absolute Gasteiger partial charge is 0.313 e. The van der Waals surface area contributed by atoms with Crippen LogP contribution in [0.25, 0.3) is 0 Å². The Morgan fingerprint density at radius 1 is 1.47 bits per heavy atom.